The molecule has 0 radical (unpaired) electrons. The number of aryl methyl sites for hydroxylation is 2. The van der Waals surface area contributed by atoms with Crippen LogP contribution in [0.5, 0.6) is 0 Å². The Bertz CT molecular complexity index is 626. The fourth-order valence-electron chi connectivity index (χ4n) is 1.91. The molecule has 0 heterocycles. The first kappa shape index (κ1) is 14.3. The smallest absolute Gasteiger partial charge is 0.127 e. The summed E-state index contributed by atoms with van der Waals surface area (Å²) in [5, 5.41) is 11.2. The molecule has 0 saturated heterocycles. The Morgan fingerprint density at radius 2 is 1.68 bits per heavy atom. The third kappa shape index (κ3) is 2.92. The Hall–Kier alpha value is -1.09. The molecule has 1 nitrogen and oxygen atoms in total. The van der Waals surface area contributed by atoms with E-state index in [0.29, 0.717) is 21.7 Å². The number of benzene rings is 2. The second kappa shape index (κ2) is 5.49. The van der Waals surface area contributed by atoms with Crippen LogP contribution in [-0.4, -0.2) is 5.11 Å². The molecule has 1 unspecified atom stereocenters. The molecule has 0 fully saturated rings. The van der Waals surface area contributed by atoms with Gasteiger partial charge in [0.1, 0.15) is 11.9 Å². The quantitative estimate of drug-likeness (QED) is 0.842. The molecule has 1 atom stereocenters. The molecule has 4 heteroatoms. The zero-order valence-corrected chi connectivity index (χ0v) is 12.1. The van der Waals surface area contributed by atoms with Crippen LogP contribution in [0.1, 0.15) is 28.4 Å². The van der Waals surface area contributed by atoms with Gasteiger partial charge in [-0.25, -0.2) is 4.39 Å². The van der Waals surface area contributed by atoms with Crippen molar-refractivity contribution in [2.24, 2.45) is 0 Å². The number of rotatable bonds is 2. The van der Waals surface area contributed by atoms with Crippen molar-refractivity contribution in [3.05, 3.63) is 68.4 Å². The lowest BCUT2D eigenvalue weighted by Gasteiger charge is -2.15. The van der Waals surface area contributed by atoms with Gasteiger partial charge < -0.3 is 5.11 Å². The average molecular weight is 299 g/mol. The summed E-state index contributed by atoms with van der Waals surface area (Å²) in [6, 6.07) is 8.03. The molecule has 0 spiro atoms. The number of hydrogen-bond acceptors (Lipinski definition) is 1. The summed E-state index contributed by atoms with van der Waals surface area (Å²) in [5.41, 5.74) is 2.48. The highest BCUT2D eigenvalue weighted by Crippen LogP contribution is 2.31. The number of halogens is 3. The van der Waals surface area contributed by atoms with Gasteiger partial charge in [-0.2, -0.15) is 0 Å². The predicted molar refractivity (Wildman–Crippen MR) is 76.4 cm³/mol. The van der Waals surface area contributed by atoms with Crippen LogP contribution in [0.15, 0.2) is 30.3 Å². The van der Waals surface area contributed by atoms with Gasteiger partial charge in [-0.3, -0.25) is 0 Å². The molecule has 19 heavy (non-hydrogen) atoms. The van der Waals surface area contributed by atoms with Gasteiger partial charge in [-0.15, -0.1) is 0 Å². The maximum Gasteiger partial charge on any atom is 0.127 e. The molecule has 0 bridgehead atoms. The lowest BCUT2D eigenvalue weighted by molar-refractivity contribution is 0.220. The number of hydrogen-bond donors (Lipinski definition) is 1. The van der Waals surface area contributed by atoms with Gasteiger partial charge >= 0.3 is 0 Å². The third-order valence-electron chi connectivity index (χ3n) is 3.07. The van der Waals surface area contributed by atoms with Crippen LogP contribution in [0, 0.1) is 19.7 Å². The summed E-state index contributed by atoms with van der Waals surface area (Å²) in [7, 11) is 0. The molecule has 2 aromatic carbocycles. The Morgan fingerprint density at radius 3 is 2.32 bits per heavy atom. The normalized spacial score (nSPS) is 12.5. The van der Waals surface area contributed by atoms with Crippen molar-refractivity contribution in [1.29, 1.82) is 0 Å². The van der Waals surface area contributed by atoms with Crippen molar-refractivity contribution < 1.29 is 9.50 Å². The molecule has 0 aliphatic heterocycles. The standard InChI is InChI=1S/C15H13Cl2FO/c1-8-5-10(3-4-12(8)16)15(19)11-6-9(2)14(18)7-13(11)17/h3-7,15,19H,1-2H3. The van der Waals surface area contributed by atoms with E-state index in [1.807, 2.05) is 6.92 Å². The summed E-state index contributed by atoms with van der Waals surface area (Å²) in [6.45, 7) is 3.49. The van der Waals surface area contributed by atoms with Gasteiger partial charge in [-0.1, -0.05) is 35.3 Å². The first-order valence-corrected chi connectivity index (χ1v) is 6.55. The van der Waals surface area contributed by atoms with E-state index in [9.17, 15) is 9.50 Å². The van der Waals surface area contributed by atoms with Crippen LogP contribution in [0.25, 0.3) is 0 Å². The fourth-order valence-corrected chi connectivity index (χ4v) is 2.28. The lowest BCUT2D eigenvalue weighted by Crippen LogP contribution is -2.02. The second-order valence-electron chi connectivity index (χ2n) is 4.53. The highest BCUT2D eigenvalue weighted by Gasteiger charge is 2.16. The molecule has 0 saturated carbocycles. The Morgan fingerprint density at radius 1 is 1.00 bits per heavy atom. The van der Waals surface area contributed by atoms with Crippen molar-refractivity contribution in [3.8, 4) is 0 Å². The zero-order valence-electron chi connectivity index (χ0n) is 10.5. The van der Waals surface area contributed by atoms with Crippen molar-refractivity contribution in [3.63, 3.8) is 0 Å². The Kier molecular flexibility index (Phi) is 4.14. The van der Waals surface area contributed by atoms with Crippen LogP contribution < -0.4 is 0 Å². The van der Waals surface area contributed by atoms with E-state index in [4.69, 9.17) is 23.2 Å². The second-order valence-corrected chi connectivity index (χ2v) is 5.35. The van der Waals surface area contributed by atoms with E-state index in [-0.39, 0.29) is 10.8 Å². The number of aliphatic hydroxyl groups is 1. The van der Waals surface area contributed by atoms with E-state index >= 15 is 0 Å². The monoisotopic (exact) mass is 298 g/mol. The highest BCUT2D eigenvalue weighted by molar-refractivity contribution is 6.31. The molecule has 1 N–H and O–H groups in total. The van der Waals surface area contributed by atoms with Crippen LogP contribution in [0.4, 0.5) is 4.39 Å². The van der Waals surface area contributed by atoms with Crippen molar-refractivity contribution >= 4 is 23.2 Å². The zero-order chi connectivity index (χ0) is 14.2. The van der Waals surface area contributed by atoms with Crippen molar-refractivity contribution in [2.45, 2.75) is 20.0 Å². The maximum atomic E-state index is 13.4. The largest absolute Gasteiger partial charge is 0.384 e. The van der Waals surface area contributed by atoms with Gasteiger partial charge in [0.05, 0.1) is 0 Å². The van der Waals surface area contributed by atoms with Gasteiger partial charge in [0.25, 0.3) is 0 Å². The van der Waals surface area contributed by atoms with E-state index in [2.05, 4.69) is 0 Å². The van der Waals surface area contributed by atoms with Gasteiger partial charge in [-0.05, 0) is 48.7 Å². The minimum absolute atomic E-state index is 0.211. The SMILES string of the molecule is Cc1cc(C(O)c2ccc(Cl)c(C)c2)c(Cl)cc1F. The third-order valence-corrected chi connectivity index (χ3v) is 3.82. The summed E-state index contributed by atoms with van der Waals surface area (Å²) >= 11 is 11.9. The van der Waals surface area contributed by atoms with Crippen LogP contribution in [0.3, 0.4) is 0 Å². The van der Waals surface area contributed by atoms with E-state index in [1.54, 1.807) is 31.2 Å². The predicted octanol–water partition coefficient (Wildman–Crippen LogP) is 4.83. The molecular formula is C15H13Cl2FO. The summed E-state index contributed by atoms with van der Waals surface area (Å²) < 4.78 is 13.4. The van der Waals surface area contributed by atoms with Gasteiger partial charge in [0, 0.05) is 15.6 Å². The lowest BCUT2D eigenvalue weighted by atomic mass is 9.98. The molecule has 0 aliphatic carbocycles. The molecule has 100 valence electrons. The number of aliphatic hydroxyl groups excluding tert-OH is 1. The first-order chi connectivity index (χ1) is 8.90. The molecule has 0 aromatic heterocycles. The van der Waals surface area contributed by atoms with Crippen molar-refractivity contribution in [1.82, 2.24) is 0 Å². The van der Waals surface area contributed by atoms with Crippen LogP contribution in [-0.2, 0) is 0 Å². The van der Waals surface area contributed by atoms with E-state index in [0.717, 1.165) is 5.56 Å². The van der Waals surface area contributed by atoms with Crippen molar-refractivity contribution in [2.75, 3.05) is 0 Å². The molecular weight excluding hydrogens is 286 g/mol. The maximum absolute atomic E-state index is 13.4. The molecule has 2 aromatic rings. The minimum Gasteiger partial charge on any atom is -0.384 e. The highest BCUT2D eigenvalue weighted by atomic mass is 35.5. The molecule has 0 aliphatic rings. The summed E-state index contributed by atoms with van der Waals surface area (Å²) in [5.74, 6) is -0.381. The molecule has 0 amide bonds. The Labute approximate surface area is 121 Å². The topological polar surface area (TPSA) is 20.2 Å². The van der Waals surface area contributed by atoms with Crippen LogP contribution >= 0.6 is 23.2 Å². The first-order valence-electron chi connectivity index (χ1n) is 5.80. The minimum atomic E-state index is -0.900. The summed E-state index contributed by atoms with van der Waals surface area (Å²) in [4.78, 5) is 0. The fraction of sp³-hybridized carbons (Fsp3) is 0.200. The summed E-state index contributed by atoms with van der Waals surface area (Å²) in [6.07, 6.45) is -0.900. The Balaban J connectivity index is 2.46. The van der Waals surface area contributed by atoms with Crippen LogP contribution in [0.2, 0.25) is 10.0 Å². The molecule has 2 rings (SSSR count). The average Bonchev–Trinajstić information content (AvgIpc) is 2.36. The van der Waals surface area contributed by atoms with E-state index in [1.165, 1.54) is 6.07 Å². The van der Waals surface area contributed by atoms with Gasteiger partial charge in [0.15, 0.2) is 0 Å². The van der Waals surface area contributed by atoms with Gasteiger partial charge in [0.2, 0.25) is 0 Å². The van der Waals surface area contributed by atoms with E-state index < -0.39 is 6.10 Å².